The first kappa shape index (κ1) is 23.4. The van der Waals surface area contributed by atoms with Gasteiger partial charge >= 0.3 is 0 Å². The van der Waals surface area contributed by atoms with Crippen LogP contribution in [-0.4, -0.2) is 41.4 Å². The number of ether oxygens (including phenoxy) is 1. The molecule has 0 saturated carbocycles. The van der Waals surface area contributed by atoms with E-state index < -0.39 is 11.7 Å². The molecule has 0 radical (unpaired) electrons. The zero-order valence-electron chi connectivity index (χ0n) is 18.9. The molecule has 0 saturated heterocycles. The van der Waals surface area contributed by atoms with Gasteiger partial charge in [0.25, 0.3) is 11.7 Å². The molecule has 3 aromatic rings. The molecule has 1 amide bonds. The molecule has 2 N–H and O–H groups in total. The number of amides is 1. The van der Waals surface area contributed by atoms with Gasteiger partial charge in [-0.25, -0.2) is 14.8 Å². The monoisotopic (exact) mass is 439 g/mol. The Hall–Kier alpha value is -3.23. The fourth-order valence-electron chi connectivity index (χ4n) is 3.74. The topological polar surface area (TPSA) is 105 Å². The summed E-state index contributed by atoms with van der Waals surface area (Å²) in [7, 11) is 1.41. The van der Waals surface area contributed by atoms with Crippen LogP contribution in [0.4, 0.5) is 0 Å². The first-order valence-corrected chi connectivity index (χ1v) is 10.6. The van der Waals surface area contributed by atoms with Gasteiger partial charge in [0.1, 0.15) is 18.7 Å². The summed E-state index contributed by atoms with van der Waals surface area (Å²) in [5.41, 5.74) is 9.65. The molecule has 1 aromatic carbocycles. The SMILES string of the molecule is CCc1c(C(=O)C(N)=O)c2c(OCCOOC)nc(C(C)C)cn2c1Cc1ccccc1. The number of benzene rings is 1. The van der Waals surface area contributed by atoms with Crippen molar-refractivity contribution in [3.8, 4) is 5.88 Å². The third kappa shape index (κ3) is 4.81. The summed E-state index contributed by atoms with van der Waals surface area (Å²) in [5, 5.41) is 0. The maximum Gasteiger partial charge on any atom is 0.289 e. The van der Waals surface area contributed by atoms with Crippen molar-refractivity contribution in [1.29, 1.82) is 0 Å². The fourth-order valence-corrected chi connectivity index (χ4v) is 3.74. The van der Waals surface area contributed by atoms with Crippen LogP contribution < -0.4 is 10.5 Å². The molecular weight excluding hydrogens is 410 g/mol. The predicted octanol–water partition coefficient (Wildman–Crippen LogP) is 3.24. The number of hydrogen-bond acceptors (Lipinski definition) is 6. The first-order valence-electron chi connectivity index (χ1n) is 10.6. The minimum Gasteiger partial charge on any atom is -0.474 e. The van der Waals surface area contributed by atoms with Gasteiger partial charge in [-0.2, -0.15) is 0 Å². The molecule has 0 aliphatic rings. The van der Waals surface area contributed by atoms with E-state index in [0.717, 1.165) is 22.5 Å². The van der Waals surface area contributed by atoms with Crippen LogP contribution in [0.25, 0.3) is 5.52 Å². The number of carbonyl (C=O) groups is 2. The number of ketones is 1. The normalized spacial score (nSPS) is 11.3. The Labute approximate surface area is 187 Å². The Morgan fingerprint density at radius 1 is 1.16 bits per heavy atom. The van der Waals surface area contributed by atoms with E-state index in [2.05, 4.69) is 9.87 Å². The van der Waals surface area contributed by atoms with Crippen LogP contribution in [0.3, 0.4) is 0 Å². The van der Waals surface area contributed by atoms with Crippen LogP contribution in [-0.2, 0) is 27.4 Å². The number of nitrogens with zero attached hydrogens (tertiary/aromatic N) is 2. The van der Waals surface area contributed by atoms with Gasteiger partial charge in [0.05, 0.1) is 18.4 Å². The fraction of sp³-hybridized carbons (Fsp3) is 0.375. The average molecular weight is 440 g/mol. The molecule has 0 unspecified atom stereocenters. The Balaban J connectivity index is 2.29. The van der Waals surface area contributed by atoms with Gasteiger partial charge in [-0.15, -0.1) is 0 Å². The lowest BCUT2D eigenvalue weighted by atomic mass is 9.99. The summed E-state index contributed by atoms with van der Waals surface area (Å²) >= 11 is 0. The van der Waals surface area contributed by atoms with Crippen molar-refractivity contribution in [2.45, 2.75) is 39.5 Å². The van der Waals surface area contributed by atoms with Gasteiger partial charge in [0.2, 0.25) is 5.88 Å². The van der Waals surface area contributed by atoms with Crippen LogP contribution in [0, 0.1) is 0 Å². The molecule has 170 valence electrons. The van der Waals surface area contributed by atoms with E-state index in [-0.39, 0.29) is 30.6 Å². The second-order valence-electron chi connectivity index (χ2n) is 7.69. The Bertz CT molecular complexity index is 1110. The van der Waals surface area contributed by atoms with Crippen LogP contribution in [0.15, 0.2) is 36.5 Å². The molecule has 0 spiro atoms. The number of Topliss-reactive ketones (excluding diaryl/α,β-unsaturated/α-hetero) is 1. The number of primary amides is 1. The van der Waals surface area contributed by atoms with Crippen LogP contribution >= 0.6 is 0 Å². The van der Waals surface area contributed by atoms with Crippen molar-refractivity contribution in [1.82, 2.24) is 9.38 Å². The summed E-state index contributed by atoms with van der Waals surface area (Å²) in [4.78, 5) is 39.0. The van der Waals surface area contributed by atoms with Gasteiger partial charge in [-0.3, -0.25) is 9.59 Å². The van der Waals surface area contributed by atoms with E-state index in [1.807, 2.05) is 61.7 Å². The van der Waals surface area contributed by atoms with Gasteiger partial charge in [-0.05, 0) is 23.5 Å². The average Bonchev–Trinajstić information content (AvgIpc) is 3.09. The Kier molecular flexibility index (Phi) is 7.61. The number of rotatable bonds is 11. The number of aromatic nitrogens is 2. The lowest BCUT2D eigenvalue weighted by molar-refractivity contribution is -0.275. The zero-order valence-corrected chi connectivity index (χ0v) is 18.9. The summed E-state index contributed by atoms with van der Waals surface area (Å²) in [5.74, 6) is -1.39. The van der Waals surface area contributed by atoms with Crippen molar-refractivity contribution >= 4 is 17.2 Å². The van der Waals surface area contributed by atoms with Gasteiger partial charge < -0.3 is 14.9 Å². The molecule has 0 atom stereocenters. The molecule has 8 nitrogen and oxygen atoms in total. The number of fused-ring (bicyclic) bond motifs is 1. The molecule has 32 heavy (non-hydrogen) atoms. The lowest BCUT2D eigenvalue weighted by Crippen LogP contribution is -2.24. The molecule has 0 fully saturated rings. The molecule has 2 aromatic heterocycles. The summed E-state index contributed by atoms with van der Waals surface area (Å²) < 4.78 is 7.83. The minimum atomic E-state index is -1.01. The highest BCUT2D eigenvalue weighted by Gasteiger charge is 2.29. The molecule has 8 heteroatoms. The highest BCUT2D eigenvalue weighted by atomic mass is 17.2. The molecule has 2 heterocycles. The van der Waals surface area contributed by atoms with Gasteiger partial charge in [-0.1, -0.05) is 51.1 Å². The lowest BCUT2D eigenvalue weighted by Gasteiger charge is -2.13. The molecule has 0 aliphatic heterocycles. The molecular formula is C24H29N3O5. The summed E-state index contributed by atoms with van der Waals surface area (Å²) in [6.45, 7) is 6.34. The smallest absolute Gasteiger partial charge is 0.289 e. The third-order valence-electron chi connectivity index (χ3n) is 5.25. The maximum atomic E-state index is 12.9. The predicted molar refractivity (Wildman–Crippen MR) is 120 cm³/mol. The summed E-state index contributed by atoms with van der Waals surface area (Å²) in [6, 6.07) is 9.95. The molecule has 0 aliphatic carbocycles. The van der Waals surface area contributed by atoms with E-state index in [1.54, 1.807) is 0 Å². The maximum absolute atomic E-state index is 12.9. The van der Waals surface area contributed by atoms with Gasteiger partial charge in [0, 0.05) is 18.3 Å². The Morgan fingerprint density at radius 3 is 2.47 bits per heavy atom. The van der Waals surface area contributed by atoms with Gasteiger partial charge in [0.15, 0.2) is 0 Å². The van der Waals surface area contributed by atoms with E-state index in [0.29, 0.717) is 18.4 Å². The highest BCUT2D eigenvalue weighted by molar-refractivity contribution is 6.44. The summed E-state index contributed by atoms with van der Waals surface area (Å²) in [6.07, 6.45) is 3.03. The van der Waals surface area contributed by atoms with Crippen LogP contribution in [0.2, 0.25) is 0 Å². The number of carbonyl (C=O) groups excluding carboxylic acids is 2. The van der Waals surface area contributed by atoms with E-state index in [1.165, 1.54) is 7.11 Å². The number of hydrogen-bond donors (Lipinski definition) is 1. The van der Waals surface area contributed by atoms with E-state index in [4.69, 9.17) is 15.4 Å². The van der Waals surface area contributed by atoms with Crippen molar-refractivity contribution in [3.63, 3.8) is 0 Å². The van der Waals surface area contributed by atoms with Crippen LogP contribution in [0.1, 0.15) is 59.6 Å². The third-order valence-corrected chi connectivity index (χ3v) is 5.25. The zero-order chi connectivity index (χ0) is 23.3. The van der Waals surface area contributed by atoms with Crippen molar-refractivity contribution in [2.75, 3.05) is 20.3 Å². The van der Waals surface area contributed by atoms with Crippen molar-refractivity contribution < 1.29 is 24.1 Å². The van der Waals surface area contributed by atoms with E-state index >= 15 is 0 Å². The van der Waals surface area contributed by atoms with Crippen molar-refractivity contribution in [2.24, 2.45) is 5.73 Å². The quantitative estimate of drug-likeness (QED) is 0.162. The largest absolute Gasteiger partial charge is 0.474 e. The second-order valence-corrected chi connectivity index (χ2v) is 7.69. The first-order chi connectivity index (χ1) is 15.4. The highest BCUT2D eigenvalue weighted by Crippen LogP contribution is 2.33. The second kappa shape index (κ2) is 10.4. The van der Waals surface area contributed by atoms with E-state index in [9.17, 15) is 9.59 Å². The Morgan fingerprint density at radius 2 is 1.88 bits per heavy atom. The van der Waals surface area contributed by atoms with Crippen molar-refractivity contribution in [3.05, 3.63) is 64.6 Å². The minimum absolute atomic E-state index is 0.115. The standard InChI is InChI=1S/C24H29N3O5/c1-5-17-19(13-16-9-7-6-8-10-16)27-14-18(15(2)3)26-24(31-11-12-32-30-4)21(27)20(17)22(28)23(25)29/h6-10,14-15H,5,11-13H2,1-4H3,(H2,25,29). The number of nitrogens with two attached hydrogens (primary N) is 1. The molecule has 0 bridgehead atoms. The van der Waals surface area contributed by atoms with Crippen LogP contribution in [0.5, 0.6) is 5.88 Å². The molecule has 3 rings (SSSR count).